The standard InChI is InChI=1S/C23H20FN3O4S/c24-20-6-1-2-7-21(20)27-32(30,31)19-12-8-15(9-13-19)22(28)26-18-5-3-4-16(14-18)23(29)25-17-10-11-17/h1-9,12-14,17,27H,10-11H2,(H,25,29)(H,26,28). The maximum absolute atomic E-state index is 13.8. The van der Waals surface area contributed by atoms with E-state index in [9.17, 15) is 22.4 Å². The van der Waals surface area contributed by atoms with Gasteiger partial charge in [0.05, 0.1) is 10.6 Å². The van der Waals surface area contributed by atoms with Crippen LogP contribution < -0.4 is 15.4 Å². The first-order chi connectivity index (χ1) is 15.3. The number of hydrogen-bond donors (Lipinski definition) is 3. The van der Waals surface area contributed by atoms with Crippen LogP contribution in [0, 0.1) is 5.82 Å². The highest BCUT2D eigenvalue weighted by atomic mass is 32.2. The minimum Gasteiger partial charge on any atom is -0.349 e. The molecule has 0 saturated heterocycles. The number of benzene rings is 3. The Bertz CT molecular complexity index is 1270. The van der Waals surface area contributed by atoms with Gasteiger partial charge in [-0.2, -0.15) is 0 Å². The fourth-order valence-electron chi connectivity index (χ4n) is 2.97. The molecule has 0 atom stereocenters. The first-order valence-electron chi connectivity index (χ1n) is 9.91. The highest BCUT2D eigenvalue weighted by molar-refractivity contribution is 7.92. The van der Waals surface area contributed by atoms with Crippen molar-refractivity contribution in [2.24, 2.45) is 0 Å². The van der Waals surface area contributed by atoms with Crippen LogP contribution in [0.25, 0.3) is 0 Å². The lowest BCUT2D eigenvalue weighted by atomic mass is 10.1. The van der Waals surface area contributed by atoms with E-state index in [0.717, 1.165) is 18.9 Å². The summed E-state index contributed by atoms with van der Waals surface area (Å²) in [6, 6.07) is 17.5. The number of carbonyl (C=O) groups is 2. The van der Waals surface area contributed by atoms with Crippen LogP contribution in [0.5, 0.6) is 0 Å². The largest absolute Gasteiger partial charge is 0.349 e. The Kier molecular flexibility index (Phi) is 5.91. The topological polar surface area (TPSA) is 104 Å². The van der Waals surface area contributed by atoms with E-state index >= 15 is 0 Å². The van der Waals surface area contributed by atoms with Crippen molar-refractivity contribution in [2.75, 3.05) is 10.0 Å². The molecule has 0 radical (unpaired) electrons. The van der Waals surface area contributed by atoms with Gasteiger partial charge in [0, 0.05) is 22.9 Å². The van der Waals surface area contributed by atoms with Crippen LogP contribution in [-0.2, 0) is 10.0 Å². The molecule has 1 fully saturated rings. The third-order valence-electron chi connectivity index (χ3n) is 4.84. The molecule has 0 bridgehead atoms. The SMILES string of the molecule is O=C(Nc1cccc(C(=O)NC2CC2)c1)c1ccc(S(=O)(=O)Nc2ccccc2F)cc1. The molecule has 0 unspecified atom stereocenters. The van der Waals surface area contributed by atoms with E-state index in [0.29, 0.717) is 11.3 Å². The minimum absolute atomic E-state index is 0.115. The number of carbonyl (C=O) groups excluding carboxylic acids is 2. The van der Waals surface area contributed by atoms with Gasteiger partial charge in [-0.25, -0.2) is 12.8 Å². The first kappa shape index (κ1) is 21.5. The maximum Gasteiger partial charge on any atom is 0.261 e. The van der Waals surface area contributed by atoms with E-state index in [1.165, 1.54) is 42.5 Å². The Morgan fingerprint density at radius 2 is 1.56 bits per heavy atom. The summed E-state index contributed by atoms with van der Waals surface area (Å²) in [4.78, 5) is 24.6. The quantitative estimate of drug-likeness (QED) is 0.507. The smallest absolute Gasteiger partial charge is 0.261 e. The van der Waals surface area contributed by atoms with Gasteiger partial charge >= 0.3 is 0 Å². The van der Waals surface area contributed by atoms with Crippen LogP contribution in [-0.4, -0.2) is 26.3 Å². The van der Waals surface area contributed by atoms with Crippen LogP contribution in [0.1, 0.15) is 33.6 Å². The zero-order valence-electron chi connectivity index (χ0n) is 16.8. The number of hydrogen-bond acceptors (Lipinski definition) is 4. The third-order valence-corrected chi connectivity index (χ3v) is 6.22. The molecule has 1 aliphatic carbocycles. The zero-order valence-corrected chi connectivity index (χ0v) is 17.7. The van der Waals surface area contributed by atoms with Gasteiger partial charge in [0.1, 0.15) is 5.82 Å². The summed E-state index contributed by atoms with van der Waals surface area (Å²) < 4.78 is 40.9. The number of sulfonamides is 1. The van der Waals surface area contributed by atoms with Crippen LogP contribution in [0.3, 0.4) is 0 Å². The van der Waals surface area contributed by atoms with Crippen molar-refractivity contribution in [3.63, 3.8) is 0 Å². The second kappa shape index (κ2) is 8.80. The number of anilines is 2. The molecule has 0 aromatic heterocycles. The number of rotatable bonds is 7. The molecule has 3 aromatic rings. The lowest BCUT2D eigenvalue weighted by Gasteiger charge is -2.10. The molecule has 9 heteroatoms. The molecule has 3 aromatic carbocycles. The molecule has 0 aliphatic heterocycles. The molecule has 164 valence electrons. The van der Waals surface area contributed by atoms with E-state index in [4.69, 9.17) is 0 Å². The van der Waals surface area contributed by atoms with E-state index in [2.05, 4.69) is 15.4 Å². The third kappa shape index (κ3) is 5.12. The minimum atomic E-state index is -4.02. The van der Waals surface area contributed by atoms with Gasteiger partial charge in [-0.1, -0.05) is 18.2 Å². The van der Waals surface area contributed by atoms with Gasteiger partial charge in [-0.3, -0.25) is 14.3 Å². The molecule has 0 spiro atoms. The van der Waals surface area contributed by atoms with Crippen LogP contribution >= 0.6 is 0 Å². The Labute approximate surface area is 184 Å². The number of nitrogens with one attached hydrogen (secondary N) is 3. The zero-order chi connectivity index (χ0) is 22.7. The molecule has 3 N–H and O–H groups in total. The highest BCUT2D eigenvalue weighted by Gasteiger charge is 2.24. The monoisotopic (exact) mass is 453 g/mol. The van der Waals surface area contributed by atoms with Gasteiger partial charge in [0.2, 0.25) is 0 Å². The summed E-state index contributed by atoms with van der Waals surface area (Å²) in [6.45, 7) is 0. The number of halogens is 1. The Balaban J connectivity index is 1.44. The van der Waals surface area contributed by atoms with Gasteiger partial charge in [0.15, 0.2) is 0 Å². The van der Waals surface area contributed by atoms with Gasteiger partial charge in [-0.05, 0) is 67.4 Å². The number of para-hydroxylation sites is 1. The van der Waals surface area contributed by atoms with Crippen molar-refractivity contribution in [1.29, 1.82) is 0 Å². The summed E-state index contributed by atoms with van der Waals surface area (Å²) in [5.74, 6) is -1.35. The van der Waals surface area contributed by atoms with Crippen LogP contribution in [0.4, 0.5) is 15.8 Å². The summed E-state index contributed by atoms with van der Waals surface area (Å²) >= 11 is 0. The van der Waals surface area contributed by atoms with Crippen molar-refractivity contribution >= 4 is 33.2 Å². The Hall–Kier alpha value is -3.72. The molecule has 1 aliphatic rings. The Morgan fingerprint density at radius 3 is 2.25 bits per heavy atom. The van der Waals surface area contributed by atoms with Crippen LogP contribution in [0.2, 0.25) is 0 Å². The van der Waals surface area contributed by atoms with Crippen molar-refractivity contribution in [2.45, 2.75) is 23.8 Å². The highest BCUT2D eigenvalue weighted by Crippen LogP contribution is 2.21. The predicted molar refractivity (Wildman–Crippen MR) is 119 cm³/mol. The second-order valence-electron chi connectivity index (χ2n) is 7.39. The van der Waals surface area contributed by atoms with Crippen molar-refractivity contribution in [3.05, 3.63) is 89.7 Å². The van der Waals surface area contributed by atoms with E-state index in [1.54, 1.807) is 24.3 Å². The average Bonchev–Trinajstić information content (AvgIpc) is 3.59. The first-order valence-corrected chi connectivity index (χ1v) is 11.4. The molecule has 7 nitrogen and oxygen atoms in total. The molecular formula is C23H20FN3O4S. The fraction of sp³-hybridized carbons (Fsp3) is 0.130. The molecule has 1 saturated carbocycles. The van der Waals surface area contributed by atoms with Crippen molar-refractivity contribution in [1.82, 2.24) is 5.32 Å². The summed E-state index contributed by atoms with van der Waals surface area (Å²) in [7, 11) is -4.02. The molecule has 0 heterocycles. The predicted octanol–water partition coefficient (Wildman–Crippen LogP) is 3.77. The average molecular weight is 453 g/mol. The summed E-state index contributed by atoms with van der Waals surface area (Å²) in [5, 5.41) is 5.58. The lowest BCUT2D eigenvalue weighted by molar-refractivity contribution is 0.0949. The molecule has 32 heavy (non-hydrogen) atoms. The lowest BCUT2D eigenvalue weighted by Crippen LogP contribution is -2.25. The van der Waals surface area contributed by atoms with Crippen LogP contribution in [0.15, 0.2) is 77.7 Å². The van der Waals surface area contributed by atoms with E-state index < -0.39 is 21.7 Å². The molecule has 2 amide bonds. The van der Waals surface area contributed by atoms with Gasteiger partial charge < -0.3 is 10.6 Å². The van der Waals surface area contributed by atoms with Crippen molar-refractivity contribution < 1.29 is 22.4 Å². The van der Waals surface area contributed by atoms with E-state index in [-0.39, 0.29) is 28.1 Å². The molecule has 4 rings (SSSR count). The second-order valence-corrected chi connectivity index (χ2v) is 9.07. The fourth-order valence-corrected chi connectivity index (χ4v) is 4.04. The summed E-state index contributed by atoms with van der Waals surface area (Å²) in [6.07, 6.45) is 1.95. The Morgan fingerprint density at radius 1 is 0.844 bits per heavy atom. The normalized spacial score (nSPS) is 13.3. The van der Waals surface area contributed by atoms with Gasteiger partial charge in [-0.15, -0.1) is 0 Å². The molecular weight excluding hydrogens is 433 g/mol. The van der Waals surface area contributed by atoms with E-state index in [1.807, 2.05) is 0 Å². The maximum atomic E-state index is 13.8. The van der Waals surface area contributed by atoms with Gasteiger partial charge in [0.25, 0.3) is 21.8 Å². The summed E-state index contributed by atoms with van der Waals surface area (Å²) in [5.41, 5.74) is 0.939. The number of amides is 2. The van der Waals surface area contributed by atoms with Crippen molar-refractivity contribution in [3.8, 4) is 0 Å².